The SMILES string of the molecule is CC(C)(C)CC1CCc2ncsc2CN1. The van der Waals surface area contributed by atoms with E-state index in [4.69, 9.17) is 0 Å². The largest absolute Gasteiger partial charge is 0.309 e. The highest BCUT2D eigenvalue weighted by molar-refractivity contribution is 7.09. The minimum absolute atomic E-state index is 0.420. The Balaban J connectivity index is 1.97. The lowest BCUT2D eigenvalue weighted by atomic mass is 9.86. The van der Waals surface area contributed by atoms with Crippen LogP contribution < -0.4 is 5.32 Å². The number of nitrogens with zero attached hydrogens (tertiary/aromatic N) is 1. The lowest BCUT2D eigenvalue weighted by molar-refractivity contribution is 0.301. The Morgan fingerprint density at radius 2 is 2.33 bits per heavy atom. The van der Waals surface area contributed by atoms with Gasteiger partial charge in [-0.2, -0.15) is 0 Å². The Bertz CT molecular complexity index is 302. The molecule has 0 saturated carbocycles. The van der Waals surface area contributed by atoms with Crippen molar-refractivity contribution < 1.29 is 0 Å². The fourth-order valence-corrected chi connectivity index (χ4v) is 2.97. The Morgan fingerprint density at radius 1 is 1.53 bits per heavy atom. The molecule has 2 heterocycles. The summed E-state index contributed by atoms with van der Waals surface area (Å²) < 4.78 is 0. The Labute approximate surface area is 96.1 Å². The van der Waals surface area contributed by atoms with Gasteiger partial charge < -0.3 is 5.32 Å². The van der Waals surface area contributed by atoms with Crippen molar-refractivity contribution in [2.45, 2.75) is 52.6 Å². The number of hydrogen-bond donors (Lipinski definition) is 1. The van der Waals surface area contributed by atoms with E-state index in [2.05, 4.69) is 31.1 Å². The highest BCUT2D eigenvalue weighted by Gasteiger charge is 2.22. The van der Waals surface area contributed by atoms with E-state index in [0.717, 1.165) is 13.0 Å². The molecule has 1 aliphatic heterocycles. The van der Waals surface area contributed by atoms with Crippen LogP contribution in [0, 0.1) is 5.41 Å². The van der Waals surface area contributed by atoms with E-state index in [0.29, 0.717) is 11.5 Å². The van der Waals surface area contributed by atoms with Crippen LogP contribution >= 0.6 is 11.3 Å². The van der Waals surface area contributed by atoms with Crippen molar-refractivity contribution in [1.82, 2.24) is 10.3 Å². The molecule has 1 N–H and O–H groups in total. The van der Waals surface area contributed by atoms with Crippen molar-refractivity contribution in [3.05, 3.63) is 16.1 Å². The summed E-state index contributed by atoms with van der Waals surface area (Å²) in [4.78, 5) is 5.86. The highest BCUT2D eigenvalue weighted by Crippen LogP contribution is 2.26. The third-order valence-corrected chi connectivity index (χ3v) is 3.74. The van der Waals surface area contributed by atoms with Crippen LogP contribution in [0.25, 0.3) is 0 Å². The van der Waals surface area contributed by atoms with Gasteiger partial charge in [-0.1, -0.05) is 20.8 Å². The van der Waals surface area contributed by atoms with Gasteiger partial charge in [0.15, 0.2) is 0 Å². The zero-order valence-corrected chi connectivity index (χ0v) is 10.7. The quantitative estimate of drug-likeness (QED) is 0.793. The smallest absolute Gasteiger partial charge is 0.0798 e. The predicted molar refractivity (Wildman–Crippen MR) is 65.1 cm³/mol. The highest BCUT2D eigenvalue weighted by atomic mass is 32.1. The molecule has 0 fully saturated rings. The normalized spacial score (nSPS) is 22.2. The Kier molecular flexibility index (Phi) is 3.12. The number of thiazole rings is 1. The second-order valence-corrected chi connectivity index (χ2v) is 6.54. The molecule has 1 aliphatic rings. The number of aryl methyl sites for hydroxylation is 1. The number of nitrogens with one attached hydrogen (secondary N) is 1. The summed E-state index contributed by atoms with van der Waals surface area (Å²) in [7, 11) is 0. The van der Waals surface area contributed by atoms with Gasteiger partial charge in [0.2, 0.25) is 0 Å². The number of fused-ring (bicyclic) bond motifs is 1. The number of aromatic nitrogens is 1. The molecule has 1 atom stereocenters. The summed E-state index contributed by atoms with van der Waals surface area (Å²) in [6.07, 6.45) is 3.63. The molecule has 1 aromatic rings. The summed E-state index contributed by atoms with van der Waals surface area (Å²) in [5, 5.41) is 3.65. The molecule has 2 rings (SSSR count). The van der Waals surface area contributed by atoms with E-state index in [-0.39, 0.29) is 0 Å². The third-order valence-electron chi connectivity index (χ3n) is 2.87. The van der Waals surface area contributed by atoms with Crippen LogP contribution in [0.4, 0.5) is 0 Å². The van der Waals surface area contributed by atoms with E-state index in [1.807, 2.05) is 5.51 Å². The van der Waals surface area contributed by atoms with Crippen LogP contribution in [0.15, 0.2) is 5.51 Å². The molecule has 2 nitrogen and oxygen atoms in total. The standard InChI is InChI=1S/C12H20N2S/c1-12(2,3)6-9-4-5-10-11(7-13-9)15-8-14-10/h8-9,13H,4-7H2,1-3H3. The zero-order chi connectivity index (χ0) is 10.9. The summed E-state index contributed by atoms with van der Waals surface area (Å²) >= 11 is 1.79. The van der Waals surface area contributed by atoms with Crippen molar-refractivity contribution in [2.24, 2.45) is 5.41 Å². The van der Waals surface area contributed by atoms with Gasteiger partial charge in [0, 0.05) is 17.5 Å². The minimum atomic E-state index is 0.420. The van der Waals surface area contributed by atoms with Gasteiger partial charge in [-0.3, -0.25) is 0 Å². The van der Waals surface area contributed by atoms with Crippen LogP contribution in [0.5, 0.6) is 0 Å². The molecule has 0 aliphatic carbocycles. The summed E-state index contributed by atoms with van der Waals surface area (Å²) in [5.74, 6) is 0. The number of hydrogen-bond acceptors (Lipinski definition) is 3. The van der Waals surface area contributed by atoms with Crippen LogP contribution in [0.3, 0.4) is 0 Å². The molecule has 0 bridgehead atoms. The van der Waals surface area contributed by atoms with E-state index < -0.39 is 0 Å². The predicted octanol–water partition coefficient (Wildman–Crippen LogP) is 2.98. The van der Waals surface area contributed by atoms with Crippen LogP contribution in [0.2, 0.25) is 0 Å². The first-order valence-corrected chi connectivity index (χ1v) is 6.57. The second-order valence-electron chi connectivity index (χ2n) is 5.60. The lowest BCUT2D eigenvalue weighted by Gasteiger charge is -2.25. The summed E-state index contributed by atoms with van der Waals surface area (Å²) in [5.41, 5.74) is 3.71. The minimum Gasteiger partial charge on any atom is -0.309 e. The van der Waals surface area contributed by atoms with Crippen LogP contribution in [-0.4, -0.2) is 11.0 Å². The first-order chi connectivity index (χ1) is 7.04. The Hall–Kier alpha value is -0.410. The zero-order valence-electron chi connectivity index (χ0n) is 9.84. The van der Waals surface area contributed by atoms with Gasteiger partial charge in [-0.25, -0.2) is 4.98 Å². The Morgan fingerprint density at radius 3 is 3.07 bits per heavy atom. The van der Waals surface area contributed by atoms with Crippen molar-refractivity contribution in [1.29, 1.82) is 0 Å². The number of rotatable bonds is 1. The molecule has 15 heavy (non-hydrogen) atoms. The lowest BCUT2D eigenvalue weighted by Crippen LogP contribution is -2.31. The van der Waals surface area contributed by atoms with Crippen molar-refractivity contribution in [3.63, 3.8) is 0 Å². The first kappa shape index (κ1) is 11.1. The maximum absolute atomic E-state index is 4.43. The van der Waals surface area contributed by atoms with Gasteiger partial charge in [-0.05, 0) is 24.7 Å². The fraction of sp³-hybridized carbons (Fsp3) is 0.750. The molecule has 0 radical (unpaired) electrons. The average molecular weight is 224 g/mol. The summed E-state index contributed by atoms with van der Waals surface area (Å²) in [6.45, 7) is 7.95. The van der Waals surface area contributed by atoms with Crippen molar-refractivity contribution in [2.75, 3.05) is 0 Å². The van der Waals surface area contributed by atoms with Gasteiger partial charge in [0.1, 0.15) is 0 Å². The van der Waals surface area contributed by atoms with Gasteiger partial charge >= 0.3 is 0 Å². The molecular weight excluding hydrogens is 204 g/mol. The average Bonchev–Trinajstić information content (AvgIpc) is 2.48. The molecule has 84 valence electrons. The van der Waals surface area contributed by atoms with Gasteiger partial charge in [0.05, 0.1) is 11.2 Å². The van der Waals surface area contributed by atoms with Gasteiger partial charge in [0.25, 0.3) is 0 Å². The van der Waals surface area contributed by atoms with E-state index in [9.17, 15) is 0 Å². The van der Waals surface area contributed by atoms with Gasteiger partial charge in [-0.15, -0.1) is 11.3 Å². The molecule has 0 aromatic carbocycles. The monoisotopic (exact) mass is 224 g/mol. The maximum Gasteiger partial charge on any atom is 0.0798 e. The molecule has 1 aromatic heterocycles. The molecule has 0 amide bonds. The molecule has 3 heteroatoms. The molecule has 0 saturated heterocycles. The fourth-order valence-electron chi connectivity index (χ4n) is 2.20. The third kappa shape index (κ3) is 3.02. The summed E-state index contributed by atoms with van der Waals surface area (Å²) in [6, 6.07) is 0.659. The maximum atomic E-state index is 4.43. The molecule has 1 unspecified atom stereocenters. The van der Waals surface area contributed by atoms with E-state index in [1.165, 1.54) is 23.4 Å². The molecular formula is C12H20N2S. The van der Waals surface area contributed by atoms with Crippen LogP contribution in [0.1, 0.15) is 44.2 Å². The molecule has 0 spiro atoms. The van der Waals surface area contributed by atoms with Crippen molar-refractivity contribution >= 4 is 11.3 Å². The van der Waals surface area contributed by atoms with E-state index in [1.54, 1.807) is 11.3 Å². The first-order valence-electron chi connectivity index (χ1n) is 5.69. The van der Waals surface area contributed by atoms with Crippen molar-refractivity contribution in [3.8, 4) is 0 Å². The van der Waals surface area contributed by atoms with Crippen LogP contribution in [-0.2, 0) is 13.0 Å². The topological polar surface area (TPSA) is 24.9 Å². The second kappa shape index (κ2) is 4.22. The van der Waals surface area contributed by atoms with E-state index >= 15 is 0 Å².